The molecule has 30 heavy (non-hydrogen) atoms. The summed E-state index contributed by atoms with van der Waals surface area (Å²) in [6.07, 6.45) is 1.73. The third-order valence-corrected chi connectivity index (χ3v) is 5.14. The van der Waals surface area contributed by atoms with Crippen LogP contribution in [0.3, 0.4) is 0 Å². The Balaban J connectivity index is 1.77. The van der Waals surface area contributed by atoms with Gasteiger partial charge in [-0.05, 0) is 24.3 Å². The van der Waals surface area contributed by atoms with Gasteiger partial charge in [-0.2, -0.15) is 0 Å². The first-order valence-corrected chi connectivity index (χ1v) is 10.0. The number of benzene rings is 2. The van der Waals surface area contributed by atoms with Gasteiger partial charge in [-0.1, -0.05) is 42.1 Å². The van der Waals surface area contributed by atoms with Crippen molar-refractivity contribution in [1.82, 2.24) is 14.8 Å². The summed E-state index contributed by atoms with van der Waals surface area (Å²) in [5.74, 6) is 0.474. The highest BCUT2D eigenvalue weighted by Crippen LogP contribution is 2.31. The van der Waals surface area contributed by atoms with E-state index in [0.29, 0.717) is 29.0 Å². The van der Waals surface area contributed by atoms with Gasteiger partial charge in [0.15, 0.2) is 11.0 Å². The number of nitrogens with zero attached hydrogens (tertiary/aromatic N) is 3. The van der Waals surface area contributed by atoms with Crippen molar-refractivity contribution in [1.29, 1.82) is 0 Å². The zero-order valence-electron chi connectivity index (χ0n) is 16.4. The molecule has 0 saturated carbocycles. The number of carbonyl (C=O) groups is 2. The van der Waals surface area contributed by atoms with Gasteiger partial charge in [0.25, 0.3) is 5.91 Å². The minimum Gasteiger partial charge on any atom is -0.496 e. The van der Waals surface area contributed by atoms with Crippen LogP contribution in [0.4, 0.5) is 5.69 Å². The average molecular weight is 423 g/mol. The molecule has 2 aromatic carbocycles. The van der Waals surface area contributed by atoms with Gasteiger partial charge in [0.1, 0.15) is 5.75 Å². The maximum absolute atomic E-state index is 12.4. The molecule has 2 amide bonds. The monoisotopic (exact) mass is 423 g/mol. The summed E-state index contributed by atoms with van der Waals surface area (Å²) in [6.45, 7) is 4.26. The highest BCUT2D eigenvalue weighted by Gasteiger charge is 2.18. The van der Waals surface area contributed by atoms with Gasteiger partial charge in [-0.3, -0.25) is 14.2 Å². The Morgan fingerprint density at radius 1 is 1.20 bits per heavy atom. The molecule has 0 radical (unpaired) electrons. The van der Waals surface area contributed by atoms with Crippen molar-refractivity contribution in [2.75, 3.05) is 18.2 Å². The number of aromatic nitrogens is 3. The van der Waals surface area contributed by atoms with Crippen LogP contribution in [0.2, 0.25) is 0 Å². The Morgan fingerprint density at radius 3 is 2.67 bits per heavy atom. The largest absolute Gasteiger partial charge is 0.496 e. The summed E-state index contributed by atoms with van der Waals surface area (Å²) >= 11 is 1.23. The number of anilines is 1. The number of methoxy groups -OCH3 is 1. The molecule has 0 aliphatic rings. The third kappa shape index (κ3) is 4.69. The molecule has 1 heterocycles. The number of carbonyl (C=O) groups excluding carboxylic acids is 2. The fourth-order valence-electron chi connectivity index (χ4n) is 2.84. The molecule has 0 aliphatic carbocycles. The molecule has 8 nitrogen and oxygen atoms in total. The molecule has 0 spiro atoms. The van der Waals surface area contributed by atoms with Crippen molar-refractivity contribution in [2.45, 2.75) is 11.7 Å². The van der Waals surface area contributed by atoms with E-state index in [2.05, 4.69) is 22.1 Å². The molecule has 3 N–H and O–H groups in total. The van der Waals surface area contributed by atoms with Crippen molar-refractivity contribution >= 4 is 29.3 Å². The number of ether oxygens (including phenoxy) is 1. The predicted molar refractivity (Wildman–Crippen MR) is 117 cm³/mol. The molecule has 0 saturated heterocycles. The zero-order chi connectivity index (χ0) is 21.5. The van der Waals surface area contributed by atoms with Gasteiger partial charge in [-0.15, -0.1) is 16.8 Å². The van der Waals surface area contributed by atoms with Gasteiger partial charge in [-0.25, -0.2) is 0 Å². The number of allylic oxidation sites excluding steroid dienone is 1. The van der Waals surface area contributed by atoms with Crippen molar-refractivity contribution in [2.24, 2.45) is 5.73 Å². The number of thioether (sulfide) groups is 1. The second kappa shape index (κ2) is 9.75. The van der Waals surface area contributed by atoms with Gasteiger partial charge in [0, 0.05) is 6.54 Å². The fourth-order valence-corrected chi connectivity index (χ4v) is 3.59. The van der Waals surface area contributed by atoms with Crippen LogP contribution >= 0.6 is 11.8 Å². The number of primary amides is 1. The number of para-hydroxylation sites is 2. The van der Waals surface area contributed by atoms with E-state index < -0.39 is 5.91 Å². The standard InChI is InChI=1S/C21H21N5O3S/c1-3-12-26-20(15-9-5-7-11-17(15)29-2)24-25-21(26)30-13-18(27)23-16-10-6-4-8-14(16)19(22)28/h3-11H,1,12-13H2,2H3,(H2,22,28)(H,23,27). The maximum Gasteiger partial charge on any atom is 0.250 e. The Kier molecular flexibility index (Phi) is 6.87. The molecular formula is C21H21N5O3S. The topological polar surface area (TPSA) is 112 Å². The lowest BCUT2D eigenvalue weighted by Gasteiger charge is -2.11. The van der Waals surface area contributed by atoms with E-state index in [9.17, 15) is 9.59 Å². The van der Waals surface area contributed by atoms with Crippen LogP contribution in [0.25, 0.3) is 11.4 Å². The third-order valence-electron chi connectivity index (χ3n) is 4.18. The second-order valence-electron chi connectivity index (χ2n) is 6.15. The smallest absolute Gasteiger partial charge is 0.250 e. The first-order valence-electron chi connectivity index (χ1n) is 9.04. The number of hydrogen-bond acceptors (Lipinski definition) is 6. The maximum atomic E-state index is 12.4. The lowest BCUT2D eigenvalue weighted by Crippen LogP contribution is -2.19. The Hall–Kier alpha value is -3.59. The normalized spacial score (nSPS) is 10.4. The molecule has 154 valence electrons. The van der Waals surface area contributed by atoms with Crippen LogP contribution in [0.5, 0.6) is 5.75 Å². The molecule has 3 aromatic rings. The highest BCUT2D eigenvalue weighted by atomic mass is 32.2. The molecule has 0 bridgehead atoms. The quantitative estimate of drug-likeness (QED) is 0.404. The lowest BCUT2D eigenvalue weighted by atomic mass is 10.1. The molecular weight excluding hydrogens is 402 g/mol. The van der Waals surface area contributed by atoms with E-state index in [0.717, 1.165) is 5.56 Å². The van der Waals surface area contributed by atoms with E-state index in [-0.39, 0.29) is 17.2 Å². The van der Waals surface area contributed by atoms with E-state index in [4.69, 9.17) is 10.5 Å². The van der Waals surface area contributed by atoms with Crippen LogP contribution < -0.4 is 15.8 Å². The van der Waals surface area contributed by atoms with Gasteiger partial charge in [0.05, 0.1) is 29.7 Å². The van der Waals surface area contributed by atoms with E-state index in [1.54, 1.807) is 37.5 Å². The SMILES string of the molecule is C=CCn1c(SCC(=O)Nc2ccccc2C(N)=O)nnc1-c1ccccc1OC. The Morgan fingerprint density at radius 2 is 1.93 bits per heavy atom. The van der Waals surface area contributed by atoms with Gasteiger partial charge in [0.2, 0.25) is 5.91 Å². The summed E-state index contributed by atoms with van der Waals surface area (Å²) in [5.41, 5.74) is 6.77. The first-order chi connectivity index (χ1) is 14.5. The van der Waals surface area contributed by atoms with Crippen LogP contribution in [-0.4, -0.2) is 39.4 Å². The Bertz CT molecular complexity index is 1080. The molecule has 0 aliphatic heterocycles. The fraction of sp³-hybridized carbons (Fsp3) is 0.143. The molecule has 3 rings (SSSR count). The van der Waals surface area contributed by atoms with Crippen LogP contribution in [0.15, 0.2) is 66.3 Å². The van der Waals surface area contributed by atoms with E-state index >= 15 is 0 Å². The second-order valence-corrected chi connectivity index (χ2v) is 7.09. The predicted octanol–water partition coefficient (Wildman–Crippen LogP) is 2.97. The Labute approximate surface area is 178 Å². The number of nitrogens with two attached hydrogens (primary N) is 1. The average Bonchev–Trinajstić information content (AvgIpc) is 3.15. The van der Waals surface area contributed by atoms with Gasteiger partial charge < -0.3 is 15.8 Å². The molecule has 0 unspecified atom stereocenters. The molecule has 0 fully saturated rings. The summed E-state index contributed by atoms with van der Waals surface area (Å²) < 4.78 is 7.28. The number of amides is 2. The number of hydrogen-bond donors (Lipinski definition) is 2. The minimum absolute atomic E-state index is 0.0777. The summed E-state index contributed by atoms with van der Waals surface area (Å²) in [4.78, 5) is 23.9. The minimum atomic E-state index is -0.606. The van der Waals surface area contributed by atoms with Crippen LogP contribution in [0, 0.1) is 0 Å². The van der Waals surface area contributed by atoms with Crippen molar-refractivity contribution in [3.63, 3.8) is 0 Å². The number of rotatable bonds is 9. The molecule has 1 aromatic heterocycles. The first kappa shape index (κ1) is 21.1. The van der Waals surface area contributed by atoms with Crippen molar-refractivity contribution in [3.05, 3.63) is 66.7 Å². The van der Waals surface area contributed by atoms with E-state index in [1.165, 1.54) is 11.8 Å². The zero-order valence-corrected chi connectivity index (χ0v) is 17.2. The highest BCUT2D eigenvalue weighted by molar-refractivity contribution is 7.99. The van der Waals surface area contributed by atoms with Crippen molar-refractivity contribution < 1.29 is 14.3 Å². The summed E-state index contributed by atoms with van der Waals surface area (Å²) in [5, 5.41) is 11.8. The molecule has 0 atom stereocenters. The number of nitrogens with one attached hydrogen (secondary N) is 1. The summed E-state index contributed by atoms with van der Waals surface area (Å²) in [6, 6.07) is 14.1. The van der Waals surface area contributed by atoms with Crippen LogP contribution in [-0.2, 0) is 11.3 Å². The summed E-state index contributed by atoms with van der Waals surface area (Å²) in [7, 11) is 1.59. The van der Waals surface area contributed by atoms with Crippen LogP contribution in [0.1, 0.15) is 10.4 Å². The van der Waals surface area contributed by atoms with E-state index in [1.807, 2.05) is 28.8 Å². The van der Waals surface area contributed by atoms with Crippen molar-refractivity contribution in [3.8, 4) is 17.1 Å². The molecule has 9 heteroatoms. The lowest BCUT2D eigenvalue weighted by molar-refractivity contribution is -0.113. The van der Waals surface area contributed by atoms with Gasteiger partial charge >= 0.3 is 0 Å².